The van der Waals surface area contributed by atoms with Gasteiger partial charge in [-0.3, -0.25) is 4.79 Å². The second kappa shape index (κ2) is 7.45. The van der Waals surface area contributed by atoms with Crippen LogP contribution in [-0.2, 0) is 6.61 Å². The molecule has 0 heterocycles. The van der Waals surface area contributed by atoms with Crippen LogP contribution in [0.25, 0.3) is 0 Å². The van der Waals surface area contributed by atoms with E-state index in [4.69, 9.17) is 10.2 Å². The molecular weight excluding hydrogens is 234 g/mol. The fraction of sp³-hybridized carbons (Fsp3) is 0.385. The van der Waals surface area contributed by atoms with Gasteiger partial charge in [-0.15, -0.1) is 0 Å². The van der Waals surface area contributed by atoms with Crippen LogP contribution in [0.4, 0.5) is 4.79 Å². The Labute approximate surface area is 105 Å². The zero-order valence-corrected chi connectivity index (χ0v) is 10.1. The molecule has 0 unspecified atom stereocenters. The van der Waals surface area contributed by atoms with Gasteiger partial charge >= 0.3 is 6.09 Å². The summed E-state index contributed by atoms with van der Waals surface area (Å²) in [6.45, 7) is 0.335. The van der Waals surface area contributed by atoms with Crippen LogP contribution in [0.15, 0.2) is 24.3 Å². The molecule has 5 nitrogen and oxygen atoms in total. The molecule has 1 rings (SSSR count). The Morgan fingerprint density at radius 1 is 1.11 bits per heavy atom. The third kappa shape index (κ3) is 4.97. The van der Waals surface area contributed by atoms with Gasteiger partial charge in [0.1, 0.15) is 0 Å². The third-order valence-corrected chi connectivity index (χ3v) is 2.57. The molecule has 0 spiro atoms. The molecule has 1 aromatic carbocycles. The average molecular weight is 251 g/mol. The fourth-order valence-electron chi connectivity index (χ4n) is 1.55. The van der Waals surface area contributed by atoms with Crippen LogP contribution >= 0.6 is 0 Å². The van der Waals surface area contributed by atoms with Gasteiger partial charge in [0.25, 0.3) is 0 Å². The van der Waals surface area contributed by atoms with Crippen molar-refractivity contribution in [3.63, 3.8) is 0 Å². The lowest BCUT2D eigenvalue weighted by molar-refractivity contribution is 0.0979. The summed E-state index contributed by atoms with van der Waals surface area (Å²) in [7, 11) is 0. The van der Waals surface area contributed by atoms with Gasteiger partial charge in [0.15, 0.2) is 5.78 Å². The molecule has 18 heavy (non-hydrogen) atoms. The van der Waals surface area contributed by atoms with E-state index >= 15 is 0 Å². The summed E-state index contributed by atoms with van der Waals surface area (Å²) >= 11 is 0. The predicted octanol–water partition coefficient (Wildman–Crippen LogP) is 1.80. The minimum atomic E-state index is -1.04. The number of Topliss-reactive ketones (excluding diaryl/α,β-unsaturated/α-hetero) is 1. The molecule has 0 bridgehead atoms. The fourth-order valence-corrected chi connectivity index (χ4v) is 1.55. The molecule has 98 valence electrons. The molecule has 3 N–H and O–H groups in total. The highest BCUT2D eigenvalue weighted by atomic mass is 16.4. The van der Waals surface area contributed by atoms with Crippen molar-refractivity contribution in [2.24, 2.45) is 0 Å². The van der Waals surface area contributed by atoms with E-state index in [0.29, 0.717) is 31.4 Å². The molecule has 0 saturated heterocycles. The van der Waals surface area contributed by atoms with Crippen LogP contribution in [0.5, 0.6) is 0 Å². The zero-order chi connectivity index (χ0) is 13.4. The van der Waals surface area contributed by atoms with Crippen LogP contribution in [0.1, 0.15) is 35.2 Å². The Hall–Kier alpha value is -1.88. The Morgan fingerprint density at radius 2 is 1.78 bits per heavy atom. The molecule has 0 fully saturated rings. The van der Waals surface area contributed by atoms with E-state index in [1.165, 1.54) is 0 Å². The SMILES string of the molecule is O=C(O)NCCCCC(=O)c1ccc(CO)cc1. The third-order valence-electron chi connectivity index (χ3n) is 2.57. The van der Waals surface area contributed by atoms with Crippen molar-refractivity contribution in [1.82, 2.24) is 5.32 Å². The monoisotopic (exact) mass is 251 g/mol. The summed E-state index contributed by atoms with van der Waals surface area (Å²) in [5.74, 6) is 0.0369. The molecule has 0 saturated carbocycles. The minimum Gasteiger partial charge on any atom is -0.465 e. The van der Waals surface area contributed by atoms with Gasteiger partial charge in [-0.2, -0.15) is 0 Å². The summed E-state index contributed by atoms with van der Waals surface area (Å²) in [6, 6.07) is 6.84. The lowest BCUT2D eigenvalue weighted by Gasteiger charge is -2.03. The lowest BCUT2D eigenvalue weighted by atomic mass is 10.0. The maximum atomic E-state index is 11.7. The molecule has 0 atom stereocenters. The van der Waals surface area contributed by atoms with Crippen molar-refractivity contribution in [1.29, 1.82) is 0 Å². The molecule has 5 heteroatoms. The molecule has 0 aliphatic rings. The number of amides is 1. The minimum absolute atomic E-state index is 0.0324. The van der Waals surface area contributed by atoms with Crippen LogP contribution in [-0.4, -0.2) is 28.6 Å². The van der Waals surface area contributed by atoms with Crippen LogP contribution < -0.4 is 5.32 Å². The number of ketones is 1. The van der Waals surface area contributed by atoms with E-state index in [9.17, 15) is 9.59 Å². The summed E-state index contributed by atoms with van der Waals surface area (Å²) in [6.07, 6.45) is 0.661. The maximum Gasteiger partial charge on any atom is 0.404 e. The molecule has 0 aliphatic carbocycles. The van der Waals surface area contributed by atoms with Gasteiger partial charge in [-0.05, 0) is 18.4 Å². The van der Waals surface area contributed by atoms with Crippen molar-refractivity contribution >= 4 is 11.9 Å². The predicted molar refractivity (Wildman–Crippen MR) is 66.6 cm³/mol. The second-order valence-corrected chi connectivity index (χ2v) is 3.97. The number of rotatable bonds is 7. The number of aliphatic hydroxyl groups excluding tert-OH is 1. The average Bonchev–Trinajstić information content (AvgIpc) is 2.38. The highest BCUT2D eigenvalue weighted by Crippen LogP contribution is 2.09. The van der Waals surface area contributed by atoms with Crippen molar-refractivity contribution in [2.45, 2.75) is 25.9 Å². The topological polar surface area (TPSA) is 86.6 Å². The number of aliphatic hydroxyl groups is 1. The Bertz CT molecular complexity index is 400. The van der Waals surface area contributed by atoms with Gasteiger partial charge in [-0.1, -0.05) is 24.3 Å². The van der Waals surface area contributed by atoms with Crippen LogP contribution in [0, 0.1) is 0 Å². The zero-order valence-electron chi connectivity index (χ0n) is 10.1. The number of nitrogens with one attached hydrogen (secondary N) is 1. The summed E-state index contributed by atoms with van der Waals surface area (Å²) in [4.78, 5) is 21.9. The highest BCUT2D eigenvalue weighted by Gasteiger charge is 2.05. The maximum absolute atomic E-state index is 11.7. The molecular formula is C13H17NO4. The molecule has 1 amide bonds. The van der Waals surface area contributed by atoms with Crippen molar-refractivity contribution < 1.29 is 19.8 Å². The first-order chi connectivity index (χ1) is 8.63. The number of unbranched alkanes of at least 4 members (excludes halogenated alkanes) is 1. The Balaban J connectivity index is 2.29. The first-order valence-corrected chi connectivity index (χ1v) is 5.83. The quantitative estimate of drug-likeness (QED) is 0.509. The van der Waals surface area contributed by atoms with Gasteiger partial charge in [-0.25, -0.2) is 4.79 Å². The molecule has 0 radical (unpaired) electrons. The van der Waals surface area contributed by atoms with Crippen LogP contribution in [0.3, 0.4) is 0 Å². The summed E-state index contributed by atoms with van der Waals surface area (Å²) < 4.78 is 0. The summed E-state index contributed by atoms with van der Waals surface area (Å²) in [5.41, 5.74) is 1.40. The number of carbonyl (C=O) groups is 2. The summed E-state index contributed by atoms with van der Waals surface area (Å²) in [5, 5.41) is 19.5. The van der Waals surface area contributed by atoms with E-state index < -0.39 is 6.09 Å². The molecule has 0 aliphatic heterocycles. The number of benzene rings is 1. The van der Waals surface area contributed by atoms with Crippen molar-refractivity contribution in [2.75, 3.05) is 6.54 Å². The smallest absolute Gasteiger partial charge is 0.404 e. The van der Waals surface area contributed by atoms with Gasteiger partial charge in [0.2, 0.25) is 0 Å². The molecule has 1 aromatic rings. The van der Waals surface area contributed by atoms with Gasteiger partial charge in [0, 0.05) is 18.5 Å². The first-order valence-electron chi connectivity index (χ1n) is 5.83. The van der Waals surface area contributed by atoms with E-state index in [-0.39, 0.29) is 12.4 Å². The largest absolute Gasteiger partial charge is 0.465 e. The second-order valence-electron chi connectivity index (χ2n) is 3.97. The Morgan fingerprint density at radius 3 is 2.33 bits per heavy atom. The Kier molecular flexibility index (Phi) is 5.87. The molecule has 0 aromatic heterocycles. The van der Waals surface area contributed by atoms with Crippen LogP contribution in [0.2, 0.25) is 0 Å². The van der Waals surface area contributed by atoms with Crippen molar-refractivity contribution in [3.8, 4) is 0 Å². The van der Waals surface area contributed by atoms with E-state index in [1.54, 1.807) is 24.3 Å². The first kappa shape index (κ1) is 14.2. The number of hydrogen-bond donors (Lipinski definition) is 3. The number of carboxylic acid groups (broad SMARTS) is 1. The van der Waals surface area contributed by atoms with Gasteiger partial charge < -0.3 is 15.5 Å². The number of carbonyl (C=O) groups excluding carboxylic acids is 1. The lowest BCUT2D eigenvalue weighted by Crippen LogP contribution is -2.21. The van der Waals surface area contributed by atoms with E-state index in [0.717, 1.165) is 5.56 Å². The standard InChI is InChI=1S/C13H17NO4/c15-9-10-4-6-11(7-5-10)12(16)3-1-2-8-14-13(17)18/h4-7,14-15H,1-3,8-9H2,(H,17,18). The normalized spacial score (nSPS) is 10.1. The number of hydrogen-bond acceptors (Lipinski definition) is 3. The highest BCUT2D eigenvalue weighted by molar-refractivity contribution is 5.96. The van der Waals surface area contributed by atoms with Gasteiger partial charge in [0.05, 0.1) is 6.61 Å². The van der Waals surface area contributed by atoms with E-state index in [1.807, 2.05) is 0 Å². The van der Waals surface area contributed by atoms with Crippen molar-refractivity contribution in [3.05, 3.63) is 35.4 Å². The van der Waals surface area contributed by atoms with E-state index in [2.05, 4.69) is 5.32 Å².